The van der Waals surface area contributed by atoms with E-state index in [1.807, 2.05) is 23.1 Å². The van der Waals surface area contributed by atoms with E-state index in [0.717, 1.165) is 29.9 Å². The van der Waals surface area contributed by atoms with Gasteiger partial charge in [0.15, 0.2) is 11.5 Å². The Bertz CT molecular complexity index is 874. The van der Waals surface area contributed by atoms with E-state index in [4.69, 9.17) is 9.47 Å². The molecule has 1 aromatic carbocycles. The highest BCUT2D eigenvalue weighted by Gasteiger charge is 2.31. The van der Waals surface area contributed by atoms with E-state index >= 15 is 0 Å². The maximum Gasteiger partial charge on any atom is 0.254 e. The van der Waals surface area contributed by atoms with Gasteiger partial charge in [0.05, 0.1) is 6.04 Å². The Morgan fingerprint density at radius 2 is 1.92 bits per heavy atom. The van der Waals surface area contributed by atoms with Crippen molar-refractivity contribution in [3.63, 3.8) is 0 Å². The van der Waals surface area contributed by atoms with Crippen LogP contribution in [0.15, 0.2) is 41.3 Å². The predicted octanol–water partition coefficient (Wildman–Crippen LogP) is 2.13. The second-order valence-corrected chi connectivity index (χ2v) is 6.42. The molecule has 0 N–H and O–H groups in total. The molecule has 25 heavy (non-hydrogen) atoms. The quantitative estimate of drug-likeness (QED) is 0.840. The Morgan fingerprint density at radius 1 is 1.12 bits per heavy atom. The molecule has 0 unspecified atom stereocenters. The normalized spacial score (nSPS) is 19.1. The highest BCUT2D eigenvalue weighted by atomic mass is 16.6. The largest absolute Gasteiger partial charge is 0.486 e. The number of hydrogen-bond acceptors (Lipinski definition) is 4. The lowest BCUT2D eigenvalue weighted by Gasteiger charge is -2.27. The smallest absolute Gasteiger partial charge is 0.254 e. The number of hydrogen-bond donors (Lipinski definition) is 0. The Balaban J connectivity index is 1.63. The molecule has 1 fully saturated rings. The lowest BCUT2D eigenvalue weighted by molar-refractivity contribution is 0.0735. The average molecular weight is 340 g/mol. The van der Waals surface area contributed by atoms with Crippen molar-refractivity contribution in [3.05, 3.63) is 58.0 Å². The van der Waals surface area contributed by atoms with Crippen LogP contribution in [0.3, 0.4) is 0 Å². The molecule has 2 aliphatic heterocycles. The number of likely N-dealkylation sites (tertiary alicyclic amines) is 1. The fourth-order valence-electron chi connectivity index (χ4n) is 3.47. The molecule has 0 saturated carbocycles. The maximum absolute atomic E-state index is 12.9. The highest BCUT2D eigenvalue weighted by molar-refractivity contribution is 5.94. The van der Waals surface area contributed by atoms with E-state index in [1.54, 1.807) is 19.3 Å². The van der Waals surface area contributed by atoms with E-state index < -0.39 is 0 Å². The molecule has 0 aliphatic carbocycles. The van der Waals surface area contributed by atoms with E-state index in [2.05, 4.69) is 0 Å². The van der Waals surface area contributed by atoms with Gasteiger partial charge >= 0.3 is 0 Å². The number of fused-ring (bicyclic) bond motifs is 1. The summed E-state index contributed by atoms with van der Waals surface area (Å²) >= 11 is 0. The van der Waals surface area contributed by atoms with Gasteiger partial charge < -0.3 is 18.9 Å². The molecule has 3 heterocycles. The second kappa shape index (κ2) is 6.27. The lowest BCUT2D eigenvalue weighted by atomic mass is 10.0. The van der Waals surface area contributed by atoms with Crippen molar-refractivity contribution in [2.75, 3.05) is 19.8 Å². The number of amides is 1. The third-order valence-electron chi connectivity index (χ3n) is 4.82. The van der Waals surface area contributed by atoms with Gasteiger partial charge in [-0.2, -0.15) is 0 Å². The van der Waals surface area contributed by atoms with Crippen LogP contribution in [-0.4, -0.2) is 35.1 Å². The summed E-state index contributed by atoms with van der Waals surface area (Å²) in [5.74, 6) is 1.38. The van der Waals surface area contributed by atoms with Crippen LogP contribution in [-0.2, 0) is 7.05 Å². The summed E-state index contributed by atoms with van der Waals surface area (Å²) < 4.78 is 12.7. The molecule has 0 bridgehead atoms. The number of aromatic nitrogens is 1. The van der Waals surface area contributed by atoms with Crippen molar-refractivity contribution in [3.8, 4) is 11.5 Å². The summed E-state index contributed by atoms with van der Waals surface area (Å²) in [6, 6.07) is 8.96. The van der Waals surface area contributed by atoms with Crippen LogP contribution in [0.1, 0.15) is 34.8 Å². The van der Waals surface area contributed by atoms with Crippen LogP contribution in [0, 0.1) is 0 Å². The minimum atomic E-state index is -0.180. The SMILES string of the molecule is Cn1ccc(C(=O)N2CCC[C@@H]2c2ccc3c(c2)OCCO3)cc1=O. The number of nitrogens with zero attached hydrogens (tertiary/aromatic N) is 2. The maximum atomic E-state index is 12.9. The van der Waals surface area contributed by atoms with Crippen molar-refractivity contribution in [1.82, 2.24) is 9.47 Å². The summed E-state index contributed by atoms with van der Waals surface area (Å²) in [5.41, 5.74) is 1.30. The van der Waals surface area contributed by atoms with Crippen molar-refractivity contribution in [2.24, 2.45) is 7.05 Å². The van der Waals surface area contributed by atoms with Crippen molar-refractivity contribution in [1.29, 1.82) is 0 Å². The molecule has 6 heteroatoms. The number of rotatable bonds is 2. The number of benzene rings is 1. The first-order valence-corrected chi connectivity index (χ1v) is 8.51. The average Bonchev–Trinajstić information content (AvgIpc) is 3.12. The molecule has 130 valence electrons. The number of aryl methyl sites for hydroxylation is 1. The minimum Gasteiger partial charge on any atom is -0.486 e. The van der Waals surface area contributed by atoms with Gasteiger partial charge in [0.25, 0.3) is 11.5 Å². The fourth-order valence-corrected chi connectivity index (χ4v) is 3.47. The van der Waals surface area contributed by atoms with Crippen LogP contribution >= 0.6 is 0 Å². The minimum absolute atomic E-state index is 0.00705. The molecular formula is C19H20N2O4. The van der Waals surface area contributed by atoms with Crippen molar-refractivity contribution in [2.45, 2.75) is 18.9 Å². The molecule has 0 radical (unpaired) electrons. The summed E-state index contributed by atoms with van der Waals surface area (Å²) in [5, 5.41) is 0. The topological polar surface area (TPSA) is 60.8 Å². The predicted molar refractivity (Wildman–Crippen MR) is 92.1 cm³/mol. The number of pyridine rings is 1. The molecule has 2 aliphatic rings. The van der Waals surface area contributed by atoms with Gasteiger partial charge in [0.2, 0.25) is 0 Å². The Hall–Kier alpha value is -2.76. The summed E-state index contributed by atoms with van der Waals surface area (Å²) in [6.45, 7) is 1.79. The van der Waals surface area contributed by atoms with Gasteiger partial charge in [0.1, 0.15) is 13.2 Å². The molecule has 1 amide bonds. The van der Waals surface area contributed by atoms with Crippen LogP contribution in [0.4, 0.5) is 0 Å². The molecule has 1 aromatic heterocycles. The van der Waals surface area contributed by atoms with E-state index in [0.29, 0.717) is 25.3 Å². The Labute approximate surface area is 145 Å². The number of ether oxygens (including phenoxy) is 2. The van der Waals surface area contributed by atoms with Gasteiger partial charge in [0, 0.05) is 31.4 Å². The zero-order valence-electron chi connectivity index (χ0n) is 14.1. The van der Waals surface area contributed by atoms with Gasteiger partial charge in [-0.25, -0.2) is 0 Å². The van der Waals surface area contributed by atoms with E-state index in [9.17, 15) is 9.59 Å². The molecule has 4 rings (SSSR count). The van der Waals surface area contributed by atoms with Gasteiger partial charge in [-0.15, -0.1) is 0 Å². The highest BCUT2D eigenvalue weighted by Crippen LogP contribution is 2.38. The van der Waals surface area contributed by atoms with E-state index in [-0.39, 0.29) is 17.5 Å². The monoisotopic (exact) mass is 340 g/mol. The summed E-state index contributed by atoms with van der Waals surface area (Å²) in [4.78, 5) is 26.6. The molecule has 1 saturated heterocycles. The zero-order valence-corrected chi connectivity index (χ0v) is 14.1. The van der Waals surface area contributed by atoms with Gasteiger partial charge in [-0.1, -0.05) is 6.07 Å². The van der Waals surface area contributed by atoms with Gasteiger partial charge in [-0.05, 0) is 36.6 Å². The zero-order chi connectivity index (χ0) is 17.4. The molecule has 2 aromatic rings. The Morgan fingerprint density at radius 3 is 2.72 bits per heavy atom. The molecular weight excluding hydrogens is 320 g/mol. The standard InChI is InChI=1S/C19H20N2O4/c1-20-8-6-14(12-18(20)22)19(23)21-7-2-3-15(21)13-4-5-16-17(11-13)25-10-9-24-16/h4-6,8,11-12,15H,2-3,7,9-10H2,1H3/t15-/m1/s1. The molecule has 1 atom stereocenters. The Kier molecular flexibility index (Phi) is 3.95. The van der Waals surface area contributed by atoms with Crippen LogP contribution in [0.25, 0.3) is 0 Å². The molecule has 6 nitrogen and oxygen atoms in total. The number of carbonyl (C=O) groups excluding carboxylic acids is 1. The fraction of sp³-hybridized carbons (Fsp3) is 0.368. The van der Waals surface area contributed by atoms with Gasteiger partial charge in [-0.3, -0.25) is 9.59 Å². The first-order chi connectivity index (χ1) is 12.1. The van der Waals surface area contributed by atoms with Crippen LogP contribution in [0.5, 0.6) is 11.5 Å². The second-order valence-electron chi connectivity index (χ2n) is 6.42. The lowest BCUT2D eigenvalue weighted by Crippen LogP contribution is -2.32. The van der Waals surface area contributed by atoms with E-state index in [1.165, 1.54) is 10.6 Å². The third-order valence-corrected chi connectivity index (χ3v) is 4.82. The first-order valence-electron chi connectivity index (χ1n) is 8.51. The third kappa shape index (κ3) is 2.88. The van der Waals surface area contributed by atoms with Crippen molar-refractivity contribution >= 4 is 5.91 Å². The van der Waals surface area contributed by atoms with Crippen LogP contribution in [0.2, 0.25) is 0 Å². The first kappa shape index (κ1) is 15.7. The number of carbonyl (C=O) groups is 1. The summed E-state index contributed by atoms with van der Waals surface area (Å²) in [6.07, 6.45) is 3.47. The summed E-state index contributed by atoms with van der Waals surface area (Å²) in [7, 11) is 1.67. The van der Waals surface area contributed by atoms with Crippen molar-refractivity contribution < 1.29 is 14.3 Å². The van der Waals surface area contributed by atoms with Crippen LogP contribution < -0.4 is 15.0 Å². The molecule has 0 spiro atoms.